The van der Waals surface area contributed by atoms with Crippen LogP contribution >= 0.6 is 0 Å². The number of rotatable bonds is 7. The van der Waals surface area contributed by atoms with Gasteiger partial charge in [0.25, 0.3) is 0 Å². The molecule has 3 rings (SSSR count). The average molecular weight is 369 g/mol. The number of aryl methyl sites for hydroxylation is 1. The van der Waals surface area contributed by atoms with Gasteiger partial charge in [0.1, 0.15) is 0 Å². The molecule has 2 aromatic rings. The second kappa shape index (κ2) is 9.31. The Morgan fingerprint density at radius 1 is 1.30 bits per heavy atom. The lowest BCUT2D eigenvalue weighted by Gasteiger charge is -2.41. The summed E-state index contributed by atoms with van der Waals surface area (Å²) in [7, 11) is 0. The van der Waals surface area contributed by atoms with Gasteiger partial charge in [0.05, 0.1) is 5.69 Å². The molecule has 0 saturated carbocycles. The number of aliphatic hydroxyl groups is 1. The van der Waals surface area contributed by atoms with Gasteiger partial charge in [0.15, 0.2) is 0 Å². The molecular weight excluding hydrogens is 336 g/mol. The van der Waals surface area contributed by atoms with E-state index in [4.69, 9.17) is 0 Å². The van der Waals surface area contributed by atoms with Crippen LogP contribution in [0.5, 0.6) is 0 Å². The van der Waals surface area contributed by atoms with E-state index in [1.54, 1.807) is 6.20 Å². The van der Waals surface area contributed by atoms with E-state index in [-0.39, 0.29) is 6.61 Å². The van der Waals surface area contributed by atoms with Crippen molar-refractivity contribution in [3.05, 3.63) is 59.4 Å². The van der Waals surface area contributed by atoms with Crippen LogP contribution in [0, 0.1) is 6.92 Å². The molecule has 1 aliphatic rings. The van der Waals surface area contributed by atoms with Crippen LogP contribution in [-0.2, 0) is 6.54 Å². The summed E-state index contributed by atoms with van der Waals surface area (Å²) in [5.41, 5.74) is 5.12. The molecule has 5 nitrogen and oxygen atoms in total. The van der Waals surface area contributed by atoms with E-state index in [0.717, 1.165) is 44.8 Å². The molecule has 0 amide bonds. The SMILES string of the molecule is CC(C)=CCN1CCN(Cc2ccc(-n3cccn3)cc2C)C[C@@H]1CCO. The standard InChI is InChI=1S/C22H32N4O/c1-18(2)7-11-25-13-12-24(17-22(25)8-14-27)16-20-5-6-21(15-19(20)3)26-10-4-9-23-26/h4-7,9-10,15,22,27H,8,11-14,16-17H2,1-3H3/t22-/m0/s1. The third kappa shape index (κ3) is 5.28. The smallest absolute Gasteiger partial charge is 0.0648 e. The molecule has 1 aliphatic heterocycles. The van der Waals surface area contributed by atoms with Gasteiger partial charge in [0, 0.05) is 57.8 Å². The zero-order chi connectivity index (χ0) is 19.2. The highest BCUT2D eigenvalue weighted by Gasteiger charge is 2.26. The molecule has 1 aromatic heterocycles. The number of aromatic nitrogens is 2. The second-order valence-corrected chi connectivity index (χ2v) is 7.74. The van der Waals surface area contributed by atoms with Crippen molar-refractivity contribution in [2.75, 3.05) is 32.8 Å². The van der Waals surface area contributed by atoms with E-state index in [1.165, 1.54) is 16.7 Å². The molecule has 146 valence electrons. The van der Waals surface area contributed by atoms with Gasteiger partial charge in [-0.2, -0.15) is 5.10 Å². The lowest BCUT2D eigenvalue weighted by Crippen LogP contribution is -2.53. The number of hydrogen-bond donors (Lipinski definition) is 1. The summed E-state index contributed by atoms with van der Waals surface area (Å²) in [4.78, 5) is 5.03. The minimum Gasteiger partial charge on any atom is -0.396 e. The van der Waals surface area contributed by atoms with E-state index >= 15 is 0 Å². The van der Waals surface area contributed by atoms with Crippen LogP contribution in [0.3, 0.4) is 0 Å². The summed E-state index contributed by atoms with van der Waals surface area (Å²) in [6.45, 7) is 11.8. The molecule has 1 saturated heterocycles. The van der Waals surface area contributed by atoms with E-state index in [1.807, 2.05) is 16.9 Å². The molecule has 1 N–H and O–H groups in total. The van der Waals surface area contributed by atoms with Crippen LogP contribution in [0.1, 0.15) is 31.4 Å². The first-order valence-electron chi connectivity index (χ1n) is 9.87. The monoisotopic (exact) mass is 368 g/mol. The summed E-state index contributed by atoms with van der Waals surface area (Å²) in [5.74, 6) is 0. The number of benzene rings is 1. The predicted molar refractivity (Wildman–Crippen MR) is 110 cm³/mol. The van der Waals surface area contributed by atoms with Crippen molar-refractivity contribution < 1.29 is 5.11 Å². The molecule has 5 heteroatoms. The molecule has 0 unspecified atom stereocenters. The molecule has 1 atom stereocenters. The van der Waals surface area contributed by atoms with Gasteiger partial charge >= 0.3 is 0 Å². The van der Waals surface area contributed by atoms with Crippen LogP contribution in [0.2, 0.25) is 0 Å². The third-order valence-corrected chi connectivity index (χ3v) is 5.37. The Bertz CT molecular complexity index is 750. The topological polar surface area (TPSA) is 44.5 Å². The molecule has 0 bridgehead atoms. The van der Waals surface area contributed by atoms with Crippen LogP contribution < -0.4 is 0 Å². The van der Waals surface area contributed by atoms with Crippen molar-refractivity contribution in [3.8, 4) is 5.69 Å². The number of aliphatic hydroxyl groups excluding tert-OH is 1. The third-order valence-electron chi connectivity index (χ3n) is 5.37. The van der Waals surface area contributed by atoms with Gasteiger partial charge in [-0.1, -0.05) is 17.7 Å². The zero-order valence-electron chi connectivity index (χ0n) is 16.8. The Kier molecular flexibility index (Phi) is 6.83. The quantitative estimate of drug-likeness (QED) is 0.763. The zero-order valence-corrected chi connectivity index (χ0v) is 16.8. The Morgan fingerprint density at radius 3 is 2.81 bits per heavy atom. The molecule has 1 fully saturated rings. The maximum absolute atomic E-state index is 9.49. The number of hydrogen-bond acceptors (Lipinski definition) is 4. The molecule has 2 heterocycles. The Hall–Kier alpha value is -1.95. The highest BCUT2D eigenvalue weighted by molar-refractivity contribution is 5.39. The summed E-state index contributed by atoms with van der Waals surface area (Å²) in [6.07, 6.45) is 6.90. The van der Waals surface area contributed by atoms with Crippen molar-refractivity contribution in [1.29, 1.82) is 0 Å². The van der Waals surface area contributed by atoms with Crippen molar-refractivity contribution in [2.45, 2.75) is 39.8 Å². The average Bonchev–Trinajstić information content (AvgIpc) is 3.17. The predicted octanol–water partition coefficient (Wildman–Crippen LogP) is 3.02. The van der Waals surface area contributed by atoms with Gasteiger partial charge in [-0.3, -0.25) is 9.80 Å². The summed E-state index contributed by atoms with van der Waals surface area (Å²) in [5, 5.41) is 13.8. The fraction of sp³-hybridized carbons (Fsp3) is 0.500. The first-order chi connectivity index (χ1) is 13.1. The minimum absolute atomic E-state index is 0.251. The number of allylic oxidation sites excluding steroid dienone is 1. The van der Waals surface area contributed by atoms with Crippen molar-refractivity contribution >= 4 is 0 Å². The lowest BCUT2D eigenvalue weighted by molar-refractivity contribution is 0.0636. The normalized spacial score (nSPS) is 18.6. The van der Waals surface area contributed by atoms with Gasteiger partial charge in [-0.05, 0) is 56.5 Å². The van der Waals surface area contributed by atoms with E-state index in [0.29, 0.717) is 6.04 Å². The molecule has 1 aromatic carbocycles. The molecule has 27 heavy (non-hydrogen) atoms. The maximum Gasteiger partial charge on any atom is 0.0648 e. The Balaban J connectivity index is 1.65. The van der Waals surface area contributed by atoms with Crippen molar-refractivity contribution in [2.24, 2.45) is 0 Å². The lowest BCUT2D eigenvalue weighted by atomic mass is 10.0. The number of nitrogens with zero attached hydrogens (tertiary/aromatic N) is 4. The fourth-order valence-electron chi connectivity index (χ4n) is 3.73. The Labute approximate surface area is 162 Å². The van der Waals surface area contributed by atoms with E-state index < -0.39 is 0 Å². The van der Waals surface area contributed by atoms with Gasteiger partial charge in [-0.15, -0.1) is 0 Å². The molecule has 0 aliphatic carbocycles. The summed E-state index contributed by atoms with van der Waals surface area (Å²) < 4.78 is 1.90. The van der Waals surface area contributed by atoms with Gasteiger partial charge < -0.3 is 5.11 Å². The van der Waals surface area contributed by atoms with Crippen LogP contribution in [0.25, 0.3) is 5.69 Å². The largest absolute Gasteiger partial charge is 0.396 e. The molecule has 0 radical (unpaired) electrons. The van der Waals surface area contributed by atoms with Crippen LogP contribution in [-0.4, -0.2) is 63.5 Å². The van der Waals surface area contributed by atoms with Crippen molar-refractivity contribution in [1.82, 2.24) is 19.6 Å². The van der Waals surface area contributed by atoms with Gasteiger partial charge in [-0.25, -0.2) is 4.68 Å². The fourth-order valence-corrected chi connectivity index (χ4v) is 3.73. The van der Waals surface area contributed by atoms with Crippen LogP contribution in [0.4, 0.5) is 0 Å². The number of piperazine rings is 1. The second-order valence-electron chi connectivity index (χ2n) is 7.74. The Morgan fingerprint density at radius 2 is 2.15 bits per heavy atom. The maximum atomic E-state index is 9.49. The summed E-state index contributed by atoms with van der Waals surface area (Å²) in [6, 6.07) is 8.94. The van der Waals surface area contributed by atoms with E-state index in [2.05, 4.69) is 59.9 Å². The minimum atomic E-state index is 0.251. The van der Waals surface area contributed by atoms with Gasteiger partial charge in [0.2, 0.25) is 0 Å². The highest BCUT2D eigenvalue weighted by Crippen LogP contribution is 2.19. The first-order valence-corrected chi connectivity index (χ1v) is 9.87. The summed E-state index contributed by atoms with van der Waals surface area (Å²) >= 11 is 0. The highest BCUT2D eigenvalue weighted by atomic mass is 16.3. The first kappa shape index (κ1) is 19.8. The van der Waals surface area contributed by atoms with Crippen LogP contribution in [0.15, 0.2) is 48.3 Å². The van der Waals surface area contributed by atoms with E-state index in [9.17, 15) is 5.11 Å². The molecule has 0 spiro atoms. The molecular formula is C22H32N4O. The van der Waals surface area contributed by atoms with Crippen molar-refractivity contribution in [3.63, 3.8) is 0 Å².